The Bertz CT molecular complexity index is 769. The van der Waals surface area contributed by atoms with Crippen molar-refractivity contribution in [1.29, 1.82) is 0 Å². The Balaban J connectivity index is 1.82. The van der Waals surface area contributed by atoms with Gasteiger partial charge in [-0.25, -0.2) is 4.39 Å². The van der Waals surface area contributed by atoms with Crippen molar-refractivity contribution in [2.45, 2.75) is 19.8 Å². The molecule has 6 heteroatoms. The maximum Gasteiger partial charge on any atom is 0.308 e. The van der Waals surface area contributed by atoms with Crippen LogP contribution in [-0.4, -0.2) is 35.0 Å². The summed E-state index contributed by atoms with van der Waals surface area (Å²) < 4.78 is 13.1. The van der Waals surface area contributed by atoms with Crippen molar-refractivity contribution in [3.8, 4) is 11.1 Å². The second kappa shape index (κ2) is 6.73. The molecule has 0 aliphatic carbocycles. The Labute approximate surface area is 143 Å². The summed E-state index contributed by atoms with van der Waals surface area (Å²) in [5.74, 6) is -1.75. The first kappa shape index (κ1) is 16.6. The topological polar surface area (TPSA) is 57.6 Å². The van der Waals surface area contributed by atoms with Crippen LogP contribution in [0, 0.1) is 18.7 Å². The number of hydrogen-bond acceptors (Lipinski definition) is 3. The Morgan fingerprint density at radius 2 is 2.00 bits per heavy atom. The van der Waals surface area contributed by atoms with Crippen molar-refractivity contribution in [2.75, 3.05) is 13.1 Å². The summed E-state index contributed by atoms with van der Waals surface area (Å²) in [4.78, 5) is 27.1. The van der Waals surface area contributed by atoms with Gasteiger partial charge in [-0.05, 0) is 49.1 Å². The average molecular weight is 347 g/mol. The number of amides is 1. The highest BCUT2D eigenvalue weighted by Crippen LogP contribution is 2.32. The van der Waals surface area contributed by atoms with Gasteiger partial charge in [-0.3, -0.25) is 9.59 Å². The molecule has 1 atom stereocenters. The molecule has 0 spiro atoms. The molecule has 0 radical (unpaired) electrons. The van der Waals surface area contributed by atoms with Crippen LogP contribution < -0.4 is 0 Å². The lowest BCUT2D eigenvalue weighted by Gasteiger charge is -2.30. The highest BCUT2D eigenvalue weighted by atomic mass is 32.1. The van der Waals surface area contributed by atoms with Gasteiger partial charge < -0.3 is 10.0 Å². The summed E-state index contributed by atoms with van der Waals surface area (Å²) in [5, 5.41) is 9.16. The Morgan fingerprint density at radius 3 is 2.67 bits per heavy atom. The Hall–Kier alpha value is -2.21. The summed E-state index contributed by atoms with van der Waals surface area (Å²) in [7, 11) is 0. The van der Waals surface area contributed by atoms with Gasteiger partial charge in [-0.1, -0.05) is 12.1 Å². The molecule has 1 aliphatic rings. The van der Waals surface area contributed by atoms with Gasteiger partial charge in [-0.15, -0.1) is 11.3 Å². The molecule has 2 heterocycles. The van der Waals surface area contributed by atoms with Gasteiger partial charge in [0, 0.05) is 18.0 Å². The third-order valence-corrected chi connectivity index (χ3v) is 5.38. The van der Waals surface area contributed by atoms with E-state index in [0.717, 1.165) is 16.0 Å². The van der Waals surface area contributed by atoms with Gasteiger partial charge in [0.05, 0.1) is 10.8 Å². The quantitative estimate of drug-likeness (QED) is 0.919. The van der Waals surface area contributed by atoms with E-state index in [-0.39, 0.29) is 18.3 Å². The molecule has 1 N–H and O–H groups in total. The van der Waals surface area contributed by atoms with Gasteiger partial charge in [0.1, 0.15) is 5.82 Å². The predicted molar refractivity (Wildman–Crippen MR) is 90.7 cm³/mol. The summed E-state index contributed by atoms with van der Waals surface area (Å²) >= 11 is 1.39. The van der Waals surface area contributed by atoms with Gasteiger partial charge in [-0.2, -0.15) is 0 Å². The van der Waals surface area contributed by atoms with Crippen LogP contribution in [0.1, 0.15) is 27.4 Å². The van der Waals surface area contributed by atoms with Gasteiger partial charge in [0.2, 0.25) is 0 Å². The minimum absolute atomic E-state index is 0.123. The van der Waals surface area contributed by atoms with Crippen molar-refractivity contribution in [1.82, 2.24) is 4.90 Å². The molecule has 4 nitrogen and oxygen atoms in total. The zero-order valence-corrected chi connectivity index (χ0v) is 14.1. The molecule has 24 heavy (non-hydrogen) atoms. The molecule has 1 amide bonds. The molecule has 1 aliphatic heterocycles. The molecule has 0 unspecified atom stereocenters. The fraction of sp³-hybridized carbons (Fsp3) is 0.333. The lowest BCUT2D eigenvalue weighted by atomic mass is 9.98. The number of hydrogen-bond donors (Lipinski definition) is 1. The highest BCUT2D eigenvalue weighted by molar-refractivity contribution is 7.14. The molecule has 3 rings (SSSR count). The minimum Gasteiger partial charge on any atom is -0.481 e. The van der Waals surface area contributed by atoms with Crippen molar-refractivity contribution in [3.05, 3.63) is 45.9 Å². The maximum absolute atomic E-state index is 13.1. The largest absolute Gasteiger partial charge is 0.481 e. The van der Waals surface area contributed by atoms with Crippen LogP contribution in [0.2, 0.25) is 0 Å². The van der Waals surface area contributed by atoms with Crippen molar-refractivity contribution in [2.24, 2.45) is 5.92 Å². The average Bonchev–Trinajstić information content (AvgIpc) is 2.97. The SMILES string of the molecule is Cc1sc(C(=O)N2CCC[C@H](C(=O)O)C2)cc1-c1ccc(F)cc1. The number of nitrogens with zero attached hydrogens (tertiary/aromatic N) is 1. The van der Waals surface area contributed by atoms with Crippen LogP contribution in [-0.2, 0) is 4.79 Å². The molecule has 1 saturated heterocycles. The van der Waals surface area contributed by atoms with Crippen LogP contribution in [0.25, 0.3) is 11.1 Å². The molecule has 1 aromatic heterocycles. The first-order chi connectivity index (χ1) is 11.5. The van der Waals surface area contributed by atoms with E-state index in [9.17, 15) is 14.0 Å². The Morgan fingerprint density at radius 1 is 1.29 bits per heavy atom. The number of carboxylic acids is 1. The third kappa shape index (κ3) is 3.33. The van der Waals surface area contributed by atoms with E-state index in [4.69, 9.17) is 5.11 Å². The normalized spacial score (nSPS) is 17.8. The molecule has 1 fully saturated rings. The fourth-order valence-corrected chi connectivity index (χ4v) is 4.03. The number of piperidine rings is 1. The minimum atomic E-state index is -0.845. The third-order valence-electron chi connectivity index (χ3n) is 4.34. The number of carbonyl (C=O) groups is 2. The summed E-state index contributed by atoms with van der Waals surface area (Å²) in [6.07, 6.45) is 1.32. The Kier molecular flexibility index (Phi) is 4.66. The standard InChI is InChI=1S/C18H18FNO3S/c1-11-15(12-4-6-14(19)7-5-12)9-16(24-11)17(21)20-8-2-3-13(10-20)18(22)23/h4-7,9,13H,2-3,8,10H2,1H3,(H,22,23)/t13-/m0/s1. The highest BCUT2D eigenvalue weighted by Gasteiger charge is 2.29. The number of halogens is 1. The van der Waals surface area contributed by atoms with E-state index < -0.39 is 11.9 Å². The molecule has 126 valence electrons. The second-order valence-corrected chi connectivity index (χ2v) is 7.27. The summed E-state index contributed by atoms with van der Waals surface area (Å²) in [6, 6.07) is 8.01. The number of benzene rings is 1. The van der Waals surface area contributed by atoms with Crippen LogP contribution in [0.5, 0.6) is 0 Å². The molecule has 0 saturated carbocycles. The lowest BCUT2D eigenvalue weighted by Crippen LogP contribution is -2.42. The van der Waals surface area contributed by atoms with E-state index in [1.54, 1.807) is 17.0 Å². The number of likely N-dealkylation sites (tertiary alicyclic amines) is 1. The fourth-order valence-electron chi connectivity index (χ4n) is 3.02. The van der Waals surface area contributed by atoms with Gasteiger partial charge in [0.25, 0.3) is 5.91 Å². The molecule has 1 aromatic carbocycles. The van der Waals surface area contributed by atoms with Crippen molar-refractivity contribution >= 4 is 23.2 Å². The molecule has 2 aromatic rings. The zero-order valence-electron chi connectivity index (χ0n) is 13.3. The smallest absolute Gasteiger partial charge is 0.308 e. The number of carboxylic acid groups (broad SMARTS) is 1. The first-order valence-corrected chi connectivity index (χ1v) is 8.66. The van der Waals surface area contributed by atoms with Crippen LogP contribution in [0.15, 0.2) is 30.3 Å². The van der Waals surface area contributed by atoms with Gasteiger partial charge in [0.15, 0.2) is 0 Å². The van der Waals surface area contributed by atoms with E-state index >= 15 is 0 Å². The van der Waals surface area contributed by atoms with E-state index in [2.05, 4.69) is 0 Å². The number of aryl methyl sites for hydroxylation is 1. The molecule has 0 bridgehead atoms. The summed E-state index contributed by atoms with van der Waals surface area (Å²) in [6.45, 7) is 2.78. The number of thiophene rings is 1. The van der Waals surface area contributed by atoms with E-state index in [1.807, 2.05) is 13.0 Å². The number of rotatable bonds is 3. The van der Waals surface area contributed by atoms with Crippen LogP contribution >= 0.6 is 11.3 Å². The van der Waals surface area contributed by atoms with Crippen LogP contribution in [0.3, 0.4) is 0 Å². The maximum atomic E-state index is 13.1. The van der Waals surface area contributed by atoms with Crippen molar-refractivity contribution in [3.63, 3.8) is 0 Å². The first-order valence-electron chi connectivity index (χ1n) is 7.84. The van der Waals surface area contributed by atoms with E-state index in [0.29, 0.717) is 24.3 Å². The van der Waals surface area contributed by atoms with Crippen molar-refractivity contribution < 1.29 is 19.1 Å². The summed E-state index contributed by atoms with van der Waals surface area (Å²) in [5.41, 5.74) is 1.78. The molecular formula is C18H18FNO3S. The van der Waals surface area contributed by atoms with Crippen LogP contribution in [0.4, 0.5) is 4.39 Å². The van der Waals surface area contributed by atoms with Gasteiger partial charge >= 0.3 is 5.97 Å². The molecular weight excluding hydrogens is 329 g/mol. The monoisotopic (exact) mass is 347 g/mol. The number of aliphatic carboxylic acids is 1. The van der Waals surface area contributed by atoms with E-state index in [1.165, 1.54) is 23.5 Å². The lowest BCUT2D eigenvalue weighted by molar-refractivity contribution is -0.143. The predicted octanol–water partition coefficient (Wildman–Crippen LogP) is 3.80. The number of carbonyl (C=O) groups excluding carboxylic acids is 1. The second-order valence-electron chi connectivity index (χ2n) is 6.02. The zero-order chi connectivity index (χ0) is 17.3.